The molecule has 0 heterocycles. The number of carboxylic acids is 1. The minimum Gasteiger partial charge on any atom is -0.490 e. The molecule has 0 aromatic heterocycles. The number of likely N-dealkylation sites (N-methyl/N-ethyl adjacent to an activating group) is 1. The molecule has 1 atom stereocenters. The largest absolute Gasteiger partial charge is 0.490 e. The van der Waals surface area contributed by atoms with Crippen molar-refractivity contribution >= 4 is 27.6 Å². The molecule has 0 aliphatic heterocycles. The lowest BCUT2D eigenvalue weighted by Crippen LogP contribution is -2.39. The van der Waals surface area contributed by atoms with Gasteiger partial charge in [0, 0.05) is 6.07 Å². The molecule has 18 heavy (non-hydrogen) atoms. The van der Waals surface area contributed by atoms with Gasteiger partial charge in [-0.3, -0.25) is 14.9 Å². The first-order chi connectivity index (χ1) is 8.45. The molecule has 0 fully saturated rings. The summed E-state index contributed by atoms with van der Waals surface area (Å²) in [5, 5.41) is 22.0. The van der Waals surface area contributed by atoms with Crippen molar-refractivity contribution in [1.82, 2.24) is 5.32 Å². The fraction of sp³-hybridized carbons (Fsp3) is 0.300. The number of hydrogen-bond donors (Lipinski definition) is 2. The Morgan fingerprint density at radius 3 is 2.83 bits per heavy atom. The Balaban J connectivity index is 2.80. The van der Waals surface area contributed by atoms with Crippen LogP contribution in [0, 0.1) is 10.1 Å². The van der Waals surface area contributed by atoms with Gasteiger partial charge in [-0.1, -0.05) is 0 Å². The Morgan fingerprint density at radius 2 is 2.33 bits per heavy atom. The summed E-state index contributed by atoms with van der Waals surface area (Å²) >= 11 is 3.17. The average Bonchev–Trinajstić information content (AvgIpc) is 2.31. The van der Waals surface area contributed by atoms with Gasteiger partial charge in [0.05, 0.1) is 15.5 Å². The van der Waals surface area contributed by atoms with Crippen LogP contribution in [0.15, 0.2) is 22.7 Å². The SMILES string of the molecule is CNC(COc1cc([N+](=O)[O-])ccc1Br)C(=O)O. The van der Waals surface area contributed by atoms with Crippen LogP contribution >= 0.6 is 15.9 Å². The van der Waals surface area contributed by atoms with E-state index in [1.165, 1.54) is 25.2 Å². The first-order valence-electron chi connectivity index (χ1n) is 4.92. The third-order valence-electron chi connectivity index (χ3n) is 2.18. The first kappa shape index (κ1) is 14.4. The third-order valence-corrected chi connectivity index (χ3v) is 2.83. The van der Waals surface area contributed by atoms with Crippen LogP contribution in [0.2, 0.25) is 0 Å². The van der Waals surface area contributed by atoms with E-state index in [-0.39, 0.29) is 18.0 Å². The molecule has 0 aliphatic rings. The van der Waals surface area contributed by atoms with Gasteiger partial charge in [-0.25, -0.2) is 0 Å². The highest BCUT2D eigenvalue weighted by molar-refractivity contribution is 9.10. The van der Waals surface area contributed by atoms with E-state index >= 15 is 0 Å². The fourth-order valence-corrected chi connectivity index (χ4v) is 1.53. The molecule has 0 aliphatic carbocycles. The molecule has 8 heteroatoms. The van der Waals surface area contributed by atoms with Gasteiger partial charge in [0.1, 0.15) is 18.4 Å². The quantitative estimate of drug-likeness (QED) is 0.607. The van der Waals surface area contributed by atoms with Crippen LogP contribution in [0.4, 0.5) is 5.69 Å². The number of nitrogens with one attached hydrogen (secondary N) is 1. The topological polar surface area (TPSA) is 102 Å². The van der Waals surface area contributed by atoms with Gasteiger partial charge in [-0.05, 0) is 29.0 Å². The molecule has 0 saturated carbocycles. The zero-order valence-corrected chi connectivity index (χ0v) is 11.0. The summed E-state index contributed by atoms with van der Waals surface area (Å²) < 4.78 is 5.77. The lowest BCUT2D eigenvalue weighted by molar-refractivity contribution is -0.385. The molecule has 1 unspecified atom stereocenters. The molecule has 1 aromatic rings. The van der Waals surface area contributed by atoms with Crippen LogP contribution < -0.4 is 10.1 Å². The molecule has 0 bridgehead atoms. The van der Waals surface area contributed by atoms with Gasteiger partial charge in [0.2, 0.25) is 0 Å². The number of non-ortho nitro benzene ring substituents is 1. The van der Waals surface area contributed by atoms with Crippen molar-refractivity contribution in [3.8, 4) is 5.75 Å². The van der Waals surface area contributed by atoms with Crippen molar-refractivity contribution in [3.05, 3.63) is 32.8 Å². The van der Waals surface area contributed by atoms with E-state index < -0.39 is 16.9 Å². The number of nitrogens with zero attached hydrogens (tertiary/aromatic N) is 1. The molecule has 1 rings (SSSR count). The van der Waals surface area contributed by atoms with E-state index in [1.807, 2.05) is 0 Å². The number of rotatable bonds is 6. The summed E-state index contributed by atoms with van der Waals surface area (Å²) in [6, 6.07) is 3.15. The van der Waals surface area contributed by atoms with Crippen LogP contribution in [-0.4, -0.2) is 35.7 Å². The second-order valence-electron chi connectivity index (χ2n) is 3.36. The third kappa shape index (κ3) is 3.67. The highest BCUT2D eigenvalue weighted by atomic mass is 79.9. The predicted molar refractivity (Wildman–Crippen MR) is 66.8 cm³/mol. The van der Waals surface area contributed by atoms with E-state index in [4.69, 9.17) is 9.84 Å². The second kappa shape index (κ2) is 6.31. The summed E-state index contributed by atoms with van der Waals surface area (Å²) in [6.07, 6.45) is 0. The van der Waals surface area contributed by atoms with Gasteiger partial charge in [0.15, 0.2) is 0 Å². The van der Waals surface area contributed by atoms with Gasteiger partial charge < -0.3 is 15.2 Å². The Morgan fingerprint density at radius 1 is 1.67 bits per heavy atom. The van der Waals surface area contributed by atoms with Crippen molar-refractivity contribution in [2.45, 2.75) is 6.04 Å². The molecule has 0 amide bonds. The molecule has 1 aromatic carbocycles. The maximum atomic E-state index is 10.7. The lowest BCUT2D eigenvalue weighted by Gasteiger charge is -2.13. The fourth-order valence-electron chi connectivity index (χ4n) is 1.17. The zero-order valence-electron chi connectivity index (χ0n) is 9.42. The number of halogens is 1. The molecule has 0 spiro atoms. The Kier molecular flexibility index (Phi) is 5.05. The lowest BCUT2D eigenvalue weighted by atomic mass is 10.3. The summed E-state index contributed by atoms with van der Waals surface area (Å²) in [6.45, 7) is -0.133. The molecule has 98 valence electrons. The second-order valence-corrected chi connectivity index (χ2v) is 4.22. The van der Waals surface area contributed by atoms with E-state index in [0.717, 1.165) is 0 Å². The number of carboxylic acid groups (broad SMARTS) is 1. The first-order valence-corrected chi connectivity index (χ1v) is 5.71. The van der Waals surface area contributed by atoms with Crippen LogP contribution in [0.5, 0.6) is 5.75 Å². The minimum absolute atomic E-state index is 0.121. The van der Waals surface area contributed by atoms with Gasteiger partial charge in [-0.2, -0.15) is 0 Å². The highest BCUT2D eigenvalue weighted by Gasteiger charge is 2.17. The molecule has 7 nitrogen and oxygen atoms in total. The van der Waals surface area contributed by atoms with Gasteiger partial charge in [0.25, 0.3) is 5.69 Å². The molecule has 2 N–H and O–H groups in total. The number of carbonyl (C=O) groups is 1. The summed E-state index contributed by atoms with van der Waals surface area (Å²) in [5.41, 5.74) is -0.121. The zero-order chi connectivity index (χ0) is 13.7. The van der Waals surface area contributed by atoms with Crippen LogP contribution in [0.3, 0.4) is 0 Å². The van der Waals surface area contributed by atoms with Crippen molar-refractivity contribution in [1.29, 1.82) is 0 Å². The normalized spacial score (nSPS) is 11.9. The van der Waals surface area contributed by atoms with Gasteiger partial charge >= 0.3 is 5.97 Å². The number of nitro groups is 1. The van der Waals surface area contributed by atoms with Crippen LogP contribution in [0.1, 0.15) is 0 Å². The number of hydrogen-bond acceptors (Lipinski definition) is 5. The number of nitro benzene ring substituents is 1. The van der Waals surface area contributed by atoms with E-state index in [2.05, 4.69) is 21.2 Å². The van der Waals surface area contributed by atoms with Crippen molar-refractivity contribution in [3.63, 3.8) is 0 Å². The van der Waals surface area contributed by atoms with Crippen LogP contribution in [-0.2, 0) is 4.79 Å². The molecular weight excluding hydrogens is 308 g/mol. The van der Waals surface area contributed by atoms with E-state index in [9.17, 15) is 14.9 Å². The average molecular weight is 319 g/mol. The van der Waals surface area contributed by atoms with E-state index in [0.29, 0.717) is 4.47 Å². The summed E-state index contributed by atoms with van der Waals surface area (Å²) in [7, 11) is 1.49. The Labute approximate surface area is 111 Å². The molecule has 0 radical (unpaired) electrons. The number of benzene rings is 1. The van der Waals surface area contributed by atoms with Gasteiger partial charge in [-0.15, -0.1) is 0 Å². The standard InChI is InChI=1S/C10H11BrN2O5/c1-12-8(10(14)15)5-18-9-4-6(13(16)17)2-3-7(9)11/h2-4,8,12H,5H2,1H3,(H,14,15). The van der Waals surface area contributed by atoms with Crippen molar-refractivity contribution in [2.24, 2.45) is 0 Å². The summed E-state index contributed by atoms with van der Waals surface area (Å²) in [4.78, 5) is 20.8. The van der Waals surface area contributed by atoms with Crippen LogP contribution in [0.25, 0.3) is 0 Å². The Bertz CT molecular complexity index is 466. The Hall–Kier alpha value is -1.67. The van der Waals surface area contributed by atoms with Crippen molar-refractivity contribution in [2.75, 3.05) is 13.7 Å². The number of ether oxygens (including phenoxy) is 1. The predicted octanol–water partition coefficient (Wildman–Crippen LogP) is 1.41. The minimum atomic E-state index is -1.06. The highest BCUT2D eigenvalue weighted by Crippen LogP contribution is 2.29. The maximum absolute atomic E-state index is 10.7. The summed E-state index contributed by atoms with van der Waals surface area (Å²) in [5.74, 6) is -0.829. The molecule has 0 saturated heterocycles. The maximum Gasteiger partial charge on any atom is 0.324 e. The smallest absolute Gasteiger partial charge is 0.324 e. The molecular formula is C10H11BrN2O5. The number of aliphatic carboxylic acids is 1. The monoisotopic (exact) mass is 318 g/mol. The van der Waals surface area contributed by atoms with E-state index in [1.54, 1.807) is 0 Å². The van der Waals surface area contributed by atoms with Crippen molar-refractivity contribution < 1.29 is 19.6 Å².